The third-order valence-corrected chi connectivity index (χ3v) is 6.08. The number of hydrogen-bond donors (Lipinski definition) is 1. The number of rotatable bonds is 8. The molecule has 0 radical (unpaired) electrons. The third-order valence-electron chi connectivity index (χ3n) is 6.08. The van der Waals surface area contributed by atoms with E-state index in [9.17, 15) is 0 Å². The summed E-state index contributed by atoms with van der Waals surface area (Å²) in [5.41, 5.74) is 1.17. The van der Waals surface area contributed by atoms with Gasteiger partial charge in [0.05, 0.1) is 26.4 Å². The summed E-state index contributed by atoms with van der Waals surface area (Å²) in [4.78, 5) is 9.95. The van der Waals surface area contributed by atoms with E-state index in [0.717, 1.165) is 70.2 Å². The molecule has 1 aromatic carbocycles. The zero-order valence-corrected chi connectivity index (χ0v) is 17.8. The molecular weight excluding hydrogens is 364 g/mol. The minimum atomic E-state index is 0.661. The van der Waals surface area contributed by atoms with E-state index in [1.165, 1.54) is 31.4 Å². The average molecular weight is 401 g/mol. The molecule has 1 aliphatic carbocycles. The van der Waals surface area contributed by atoms with Crippen molar-refractivity contribution < 1.29 is 9.47 Å². The molecule has 0 aromatic heterocycles. The van der Waals surface area contributed by atoms with Gasteiger partial charge in [-0.05, 0) is 44.1 Å². The number of nitrogens with zero attached hydrogens (tertiary/aromatic N) is 3. The van der Waals surface area contributed by atoms with Gasteiger partial charge < -0.3 is 19.7 Å². The molecule has 4 rings (SSSR count). The van der Waals surface area contributed by atoms with Gasteiger partial charge in [0.25, 0.3) is 0 Å². The Morgan fingerprint density at radius 2 is 1.97 bits per heavy atom. The normalized spacial score (nSPS) is 23.4. The van der Waals surface area contributed by atoms with E-state index in [4.69, 9.17) is 14.5 Å². The molecule has 2 aliphatic heterocycles. The zero-order chi connectivity index (χ0) is 19.9. The molecule has 2 saturated heterocycles. The van der Waals surface area contributed by atoms with E-state index < -0.39 is 0 Å². The van der Waals surface area contributed by atoms with E-state index >= 15 is 0 Å². The lowest BCUT2D eigenvalue weighted by Gasteiger charge is -2.29. The van der Waals surface area contributed by atoms with Crippen LogP contribution in [0.1, 0.15) is 31.7 Å². The standard InChI is InChI=1S/C23H36N4O2/c1-2-24-23(27-10-9-20(17-27)16-26-11-13-28-14-12-26)25-15-21-5-3-4-6-22(21)29-18-19-7-8-19/h3-6,19-20H,2,7-18H2,1H3,(H,24,25). The number of hydrogen-bond acceptors (Lipinski definition) is 4. The van der Waals surface area contributed by atoms with E-state index in [0.29, 0.717) is 12.5 Å². The number of para-hydroxylation sites is 1. The molecule has 29 heavy (non-hydrogen) atoms. The lowest BCUT2D eigenvalue weighted by Crippen LogP contribution is -2.42. The molecule has 6 heteroatoms. The molecular formula is C23H36N4O2. The number of likely N-dealkylation sites (tertiary alicyclic amines) is 1. The van der Waals surface area contributed by atoms with Crippen molar-refractivity contribution in [3.8, 4) is 5.75 Å². The van der Waals surface area contributed by atoms with Crippen molar-refractivity contribution >= 4 is 5.96 Å². The van der Waals surface area contributed by atoms with Crippen molar-refractivity contribution in [1.29, 1.82) is 0 Å². The Bertz CT molecular complexity index is 671. The van der Waals surface area contributed by atoms with Crippen LogP contribution in [-0.2, 0) is 11.3 Å². The highest BCUT2D eigenvalue weighted by Crippen LogP contribution is 2.30. The number of benzene rings is 1. The smallest absolute Gasteiger partial charge is 0.194 e. The second kappa shape index (κ2) is 10.3. The lowest BCUT2D eigenvalue weighted by atomic mass is 10.1. The van der Waals surface area contributed by atoms with E-state index in [2.05, 4.69) is 46.3 Å². The Hall–Kier alpha value is -1.79. The average Bonchev–Trinajstić information content (AvgIpc) is 3.48. The summed E-state index contributed by atoms with van der Waals surface area (Å²) in [6.07, 6.45) is 3.86. The van der Waals surface area contributed by atoms with Gasteiger partial charge >= 0.3 is 0 Å². The van der Waals surface area contributed by atoms with Gasteiger partial charge in [0, 0.05) is 44.8 Å². The van der Waals surface area contributed by atoms with Gasteiger partial charge in [-0.15, -0.1) is 0 Å². The molecule has 0 spiro atoms. The maximum absolute atomic E-state index is 6.06. The van der Waals surface area contributed by atoms with Crippen LogP contribution in [-0.4, -0.2) is 74.8 Å². The molecule has 1 atom stereocenters. The fourth-order valence-electron chi connectivity index (χ4n) is 4.18. The molecule has 1 unspecified atom stereocenters. The Labute approximate surface area is 175 Å². The van der Waals surface area contributed by atoms with Crippen molar-refractivity contribution in [1.82, 2.24) is 15.1 Å². The van der Waals surface area contributed by atoms with E-state index in [1.54, 1.807) is 0 Å². The predicted molar refractivity (Wildman–Crippen MR) is 116 cm³/mol. The molecule has 3 fully saturated rings. The molecule has 6 nitrogen and oxygen atoms in total. The summed E-state index contributed by atoms with van der Waals surface area (Å²) >= 11 is 0. The van der Waals surface area contributed by atoms with Crippen molar-refractivity contribution in [2.45, 2.75) is 32.7 Å². The first-order valence-electron chi connectivity index (χ1n) is 11.4. The first-order chi connectivity index (χ1) is 14.3. The van der Waals surface area contributed by atoms with Crippen LogP contribution >= 0.6 is 0 Å². The van der Waals surface area contributed by atoms with Gasteiger partial charge in [-0.1, -0.05) is 18.2 Å². The largest absolute Gasteiger partial charge is 0.493 e. The molecule has 160 valence electrons. The predicted octanol–water partition coefficient (Wildman–Crippen LogP) is 2.60. The highest BCUT2D eigenvalue weighted by Gasteiger charge is 2.27. The topological polar surface area (TPSA) is 49.3 Å². The van der Waals surface area contributed by atoms with Crippen LogP contribution in [0.4, 0.5) is 0 Å². The quantitative estimate of drug-likeness (QED) is 0.537. The second-order valence-corrected chi connectivity index (χ2v) is 8.55. The summed E-state index contributed by atoms with van der Waals surface area (Å²) < 4.78 is 11.5. The minimum Gasteiger partial charge on any atom is -0.493 e. The molecule has 0 bridgehead atoms. The number of nitrogens with one attached hydrogen (secondary N) is 1. The van der Waals surface area contributed by atoms with Gasteiger partial charge in [0.2, 0.25) is 0 Å². The van der Waals surface area contributed by atoms with Gasteiger partial charge in [0.15, 0.2) is 5.96 Å². The maximum Gasteiger partial charge on any atom is 0.194 e. The van der Waals surface area contributed by atoms with E-state index in [-0.39, 0.29) is 0 Å². The molecule has 1 aromatic rings. The van der Waals surface area contributed by atoms with Crippen LogP contribution < -0.4 is 10.1 Å². The first-order valence-corrected chi connectivity index (χ1v) is 11.4. The maximum atomic E-state index is 6.06. The summed E-state index contributed by atoms with van der Waals surface area (Å²) in [5, 5.41) is 3.50. The Morgan fingerprint density at radius 1 is 1.14 bits per heavy atom. The van der Waals surface area contributed by atoms with Crippen molar-refractivity contribution in [3.63, 3.8) is 0 Å². The van der Waals surface area contributed by atoms with Gasteiger partial charge in [0.1, 0.15) is 5.75 Å². The SMILES string of the molecule is CCNC(=NCc1ccccc1OCC1CC1)N1CCC(CN2CCOCC2)C1. The third kappa shape index (κ3) is 6.09. The van der Waals surface area contributed by atoms with Crippen molar-refractivity contribution in [2.24, 2.45) is 16.8 Å². The molecule has 3 aliphatic rings. The van der Waals surface area contributed by atoms with Gasteiger partial charge in [-0.2, -0.15) is 0 Å². The van der Waals surface area contributed by atoms with Crippen LogP contribution in [0, 0.1) is 11.8 Å². The summed E-state index contributed by atoms with van der Waals surface area (Å²) in [7, 11) is 0. The van der Waals surface area contributed by atoms with Crippen LogP contribution in [0.25, 0.3) is 0 Å². The van der Waals surface area contributed by atoms with Crippen molar-refractivity contribution in [3.05, 3.63) is 29.8 Å². The lowest BCUT2D eigenvalue weighted by molar-refractivity contribution is 0.0315. The number of aliphatic imine (C=N–C) groups is 1. The fourth-order valence-corrected chi connectivity index (χ4v) is 4.18. The van der Waals surface area contributed by atoms with Crippen LogP contribution in [0.3, 0.4) is 0 Å². The van der Waals surface area contributed by atoms with Crippen LogP contribution in [0.5, 0.6) is 5.75 Å². The highest BCUT2D eigenvalue weighted by atomic mass is 16.5. The summed E-state index contributed by atoms with van der Waals surface area (Å²) in [6.45, 7) is 11.8. The summed E-state index contributed by atoms with van der Waals surface area (Å²) in [6, 6.07) is 8.35. The summed E-state index contributed by atoms with van der Waals surface area (Å²) in [5.74, 6) is 3.50. The fraction of sp³-hybridized carbons (Fsp3) is 0.696. The molecule has 1 saturated carbocycles. The molecule has 1 N–H and O–H groups in total. The molecule has 2 heterocycles. The highest BCUT2D eigenvalue weighted by molar-refractivity contribution is 5.80. The molecule has 0 amide bonds. The zero-order valence-electron chi connectivity index (χ0n) is 17.8. The number of guanidine groups is 1. The van der Waals surface area contributed by atoms with Gasteiger partial charge in [-0.25, -0.2) is 4.99 Å². The van der Waals surface area contributed by atoms with Crippen LogP contribution in [0.15, 0.2) is 29.3 Å². The Balaban J connectivity index is 1.34. The Morgan fingerprint density at radius 3 is 2.76 bits per heavy atom. The number of morpholine rings is 1. The number of ether oxygens (including phenoxy) is 2. The van der Waals surface area contributed by atoms with Gasteiger partial charge in [-0.3, -0.25) is 4.90 Å². The first kappa shape index (κ1) is 20.5. The monoisotopic (exact) mass is 400 g/mol. The van der Waals surface area contributed by atoms with E-state index in [1.807, 2.05) is 0 Å². The van der Waals surface area contributed by atoms with Crippen LogP contribution in [0.2, 0.25) is 0 Å². The van der Waals surface area contributed by atoms with Crippen molar-refractivity contribution in [2.75, 3.05) is 59.1 Å². The minimum absolute atomic E-state index is 0.661. The Kier molecular flexibility index (Phi) is 7.28. The second-order valence-electron chi connectivity index (χ2n) is 8.55.